The number of aliphatic hydroxyl groups excluding tert-OH is 2. The SMILES string of the molecule is C=CCO[C@@]12Oc3ccc(OC(=O)Nc4ccc(OC)cc4OC)cc3[C@H]3[C@H](CCCCO)[C@@H](CCCCO)C=C(C(=NOC)C[C@@H]1N(Cc1ccc(F)cc1)C(=O)C1CC1)[C@H]32. The second-order valence-electron chi connectivity index (χ2n) is 16.4. The van der Waals surface area contributed by atoms with Gasteiger partial charge in [-0.05, 0) is 104 Å². The number of anilines is 1. The summed E-state index contributed by atoms with van der Waals surface area (Å²) in [6, 6.07) is 15.8. The number of fused-ring (bicyclic) bond motifs is 2. The van der Waals surface area contributed by atoms with Crippen LogP contribution in [0.2, 0.25) is 0 Å². The molecule has 2 amide bonds. The maximum Gasteiger partial charge on any atom is 0.417 e. The summed E-state index contributed by atoms with van der Waals surface area (Å²) in [6.07, 6.45) is 9.22. The first kappa shape index (κ1) is 44.6. The van der Waals surface area contributed by atoms with E-state index < -0.39 is 23.8 Å². The van der Waals surface area contributed by atoms with Crippen LogP contribution >= 0.6 is 0 Å². The predicted molar refractivity (Wildman–Crippen MR) is 231 cm³/mol. The van der Waals surface area contributed by atoms with Crippen LogP contribution in [0.5, 0.6) is 23.0 Å². The van der Waals surface area contributed by atoms with E-state index >= 15 is 0 Å². The number of benzene rings is 3. The summed E-state index contributed by atoms with van der Waals surface area (Å²) >= 11 is 0. The van der Waals surface area contributed by atoms with Gasteiger partial charge in [-0.1, -0.05) is 42.3 Å². The molecule has 14 heteroatoms. The molecule has 3 aromatic rings. The molecule has 0 saturated heterocycles. The number of rotatable bonds is 20. The Kier molecular flexibility index (Phi) is 14.5. The van der Waals surface area contributed by atoms with Crippen LogP contribution in [0.15, 0.2) is 90.1 Å². The first-order valence-corrected chi connectivity index (χ1v) is 21.6. The van der Waals surface area contributed by atoms with Crippen molar-refractivity contribution in [1.82, 2.24) is 4.90 Å². The summed E-state index contributed by atoms with van der Waals surface area (Å²) in [5.41, 5.74) is 3.48. The molecule has 3 aliphatic carbocycles. The first-order chi connectivity index (χ1) is 30.2. The van der Waals surface area contributed by atoms with Crippen LogP contribution in [0.4, 0.5) is 14.9 Å². The van der Waals surface area contributed by atoms with Crippen LogP contribution in [0.1, 0.15) is 74.8 Å². The maximum atomic E-state index is 14.6. The van der Waals surface area contributed by atoms with Gasteiger partial charge < -0.3 is 43.6 Å². The number of aliphatic hydroxyl groups is 2. The molecule has 7 rings (SSSR count). The van der Waals surface area contributed by atoms with Crippen LogP contribution < -0.4 is 24.3 Å². The smallest absolute Gasteiger partial charge is 0.417 e. The van der Waals surface area contributed by atoms with Gasteiger partial charge in [0.05, 0.1) is 38.1 Å². The minimum atomic E-state index is -1.47. The molecule has 332 valence electrons. The van der Waals surface area contributed by atoms with E-state index in [0.717, 1.165) is 55.2 Å². The summed E-state index contributed by atoms with van der Waals surface area (Å²) in [7, 11) is 4.54. The Morgan fingerprint density at radius 1 is 0.968 bits per heavy atom. The Bertz CT molecular complexity index is 2120. The number of hydrogen-bond acceptors (Lipinski definition) is 11. The van der Waals surface area contributed by atoms with Crippen molar-refractivity contribution in [1.29, 1.82) is 0 Å². The van der Waals surface area contributed by atoms with Crippen molar-refractivity contribution in [2.45, 2.75) is 82.1 Å². The lowest BCUT2D eigenvalue weighted by molar-refractivity contribution is -0.258. The molecule has 1 heterocycles. The zero-order chi connectivity index (χ0) is 43.8. The van der Waals surface area contributed by atoms with Crippen molar-refractivity contribution >= 4 is 23.4 Å². The number of carbonyl (C=O) groups excluding carboxylic acids is 2. The summed E-state index contributed by atoms with van der Waals surface area (Å²) < 4.78 is 45.3. The van der Waals surface area contributed by atoms with E-state index in [0.29, 0.717) is 41.5 Å². The zero-order valence-corrected chi connectivity index (χ0v) is 35.7. The van der Waals surface area contributed by atoms with E-state index in [1.54, 1.807) is 55.7 Å². The van der Waals surface area contributed by atoms with E-state index in [2.05, 4.69) is 23.1 Å². The van der Waals surface area contributed by atoms with Gasteiger partial charge in [0.2, 0.25) is 11.7 Å². The maximum absolute atomic E-state index is 14.6. The summed E-state index contributed by atoms with van der Waals surface area (Å²) in [5.74, 6) is -1.22. The van der Waals surface area contributed by atoms with Gasteiger partial charge in [-0.25, -0.2) is 9.18 Å². The van der Waals surface area contributed by atoms with Crippen LogP contribution in [0.25, 0.3) is 0 Å². The van der Waals surface area contributed by atoms with Crippen molar-refractivity contribution in [3.8, 4) is 23.0 Å². The number of methoxy groups -OCH3 is 2. The normalized spacial score (nSPS) is 24.1. The molecule has 0 aromatic heterocycles. The Labute approximate surface area is 362 Å². The first-order valence-electron chi connectivity index (χ1n) is 21.6. The molecular weight excluding hydrogens is 798 g/mol. The van der Waals surface area contributed by atoms with E-state index in [1.165, 1.54) is 26.4 Å². The highest BCUT2D eigenvalue weighted by Gasteiger charge is 2.66. The molecule has 0 radical (unpaired) electrons. The van der Waals surface area contributed by atoms with Crippen LogP contribution in [0, 0.1) is 29.5 Å². The monoisotopic (exact) mass is 855 g/mol. The summed E-state index contributed by atoms with van der Waals surface area (Å²) in [6.45, 7) is 4.40. The highest BCUT2D eigenvalue weighted by molar-refractivity contribution is 6.03. The number of oxime groups is 1. The molecule has 6 atom stereocenters. The van der Waals surface area contributed by atoms with Crippen molar-refractivity contribution in [2.24, 2.45) is 28.8 Å². The standard InChI is InChI=1S/C48H58FN3O10/c1-5-24-60-48-43(52(46(55)31-14-15-31)29-30-12-16-33(49)17-13-30)28-40(51-59-4)37-25-32(10-6-8-22-53)36(11-7-9-23-54)44(45(37)48)38-26-35(19-21-41(38)62-48)61-47(56)50-39-20-18-34(57-2)27-42(39)58-3/h5,12-13,16-21,25-27,31-32,36,43-45,53-54H,1,6-11,14-15,22-24,28-29H2,2-4H3,(H,50,56)/t32-,36+,43-,44+,45+,48+/m0/s1. The number of allylic oxidation sites excluding steroid dienone is 1. The molecule has 2 fully saturated rings. The number of halogens is 1. The topological polar surface area (TPSA) is 158 Å². The van der Waals surface area contributed by atoms with E-state index in [4.69, 9.17) is 28.5 Å². The largest absolute Gasteiger partial charge is 0.497 e. The number of hydrogen-bond donors (Lipinski definition) is 3. The minimum Gasteiger partial charge on any atom is -0.497 e. The van der Waals surface area contributed by atoms with Crippen LogP contribution in [0.3, 0.4) is 0 Å². The third-order valence-electron chi connectivity index (χ3n) is 12.6. The van der Waals surface area contributed by atoms with E-state index in [1.807, 2.05) is 11.0 Å². The van der Waals surface area contributed by atoms with Gasteiger partial charge in [0, 0.05) is 49.6 Å². The molecule has 4 aliphatic rings. The van der Waals surface area contributed by atoms with E-state index in [-0.39, 0.29) is 73.9 Å². The quantitative estimate of drug-likeness (QED) is 0.0576. The van der Waals surface area contributed by atoms with Gasteiger partial charge in [0.1, 0.15) is 42.0 Å². The number of unbranched alkanes of at least 4 members (excludes halogenated alkanes) is 2. The third kappa shape index (κ3) is 9.47. The van der Waals surface area contributed by atoms with Crippen molar-refractivity contribution in [2.75, 3.05) is 46.5 Å². The van der Waals surface area contributed by atoms with Crippen LogP contribution in [-0.2, 0) is 20.9 Å². The molecule has 2 saturated carbocycles. The van der Waals surface area contributed by atoms with Gasteiger partial charge in [-0.2, -0.15) is 0 Å². The Morgan fingerprint density at radius 3 is 2.39 bits per heavy atom. The molecule has 0 bridgehead atoms. The lowest BCUT2D eigenvalue weighted by atomic mass is 9.55. The summed E-state index contributed by atoms with van der Waals surface area (Å²) in [5, 5.41) is 27.2. The lowest BCUT2D eigenvalue weighted by Crippen LogP contribution is -2.70. The van der Waals surface area contributed by atoms with E-state index in [9.17, 15) is 24.2 Å². The summed E-state index contributed by atoms with van der Waals surface area (Å²) in [4.78, 5) is 35.6. The van der Waals surface area contributed by atoms with Gasteiger partial charge >= 0.3 is 6.09 Å². The van der Waals surface area contributed by atoms with Crippen molar-refractivity contribution in [3.05, 3.63) is 102 Å². The fraction of sp³-hybridized carbons (Fsp3) is 0.479. The molecule has 3 aromatic carbocycles. The Morgan fingerprint density at radius 2 is 1.71 bits per heavy atom. The van der Waals surface area contributed by atoms with Crippen molar-refractivity contribution < 1.29 is 52.7 Å². The molecular formula is C48H58FN3O10. The number of nitrogens with zero attached hydrogens (tertiary/aromatic N) is 2. The molecule has 3 N–H and O–H groups in total. The number of carbonyl (C=O) groups is 2. The van der Waals surface area contributed by atoms with Gasteiger partial charge in [-0.15, -0.1) is 6.58 Å². The van der Waals surface area contributed by atoms with Crippen molar-refractivity contribution in [3.63, 3.8) is 0 Å². The van der Waals surface area contributed by atoms with Gasteiger partial charge in [0.15, 0.2) is 0 Å². The highest BCUT2D eigenvalue weighted by atomic mass is 19.1. The predicted octanol–water partition coefficient (Wildman–Crippen LogP) is 8.16. The zero-order valence-electron chi connectivity index (χ0n) is 35.7. The molecule has 13 nitrogen and oxygen atoms in total. The second kappa shape index (κ2) is 20.2. The molecule has 1 aliphatic heterocycles. The Hall–Kier alpha value is -5.44. The average molecular weight is 856 g/mol. The number of ether oxygens (including phenoxy) is 5. The van der Waals surface area contributed by atoms with Gasteiger partial charge in [-0.3, -0.25) is 10.1 Å². The Balaban J connectivity index is 1.38. The highest BCUT2D eigenvalue weighted by Crippen LogP contribution is 2.62. The molecule has 0 unspecified atom stereocenters. The second-order valence-corrected chi connectivity index (χ2v) is 16.4. The number of amides is 2. The van der Waals surface area contributed by atoms with Gasteiger partial charge in [0.25, 0.3) is 0 Å². The number of nitrogens with one attached hydrogen (secondary N) is 1. The van der Waals surface area contributed by atoms with Crippen LogP contribution in [-0.4, -0.2) is 85.8 Å². The fourth-order valence-corrected chi connectivity index (χ4v) is 9.66. The lowest BCUT2D eigenvalue weighted by Gasteiger charge is -2.60. The average Bonchev–Trinajstić information content (AvgIpc) is 4.13. The fourth-order valence-electron chi connectivity index (χ4n) is 9.66. The third-order valence-corrected chi connectivity index (χ3v) is 12.6. The minimum absolute atomic E-state index is 0.0111. The molecule has 0 spiro atoms. The molecule has 62 heavy (non-hydrogen) atoms.